The number of hydrogen-bond acceptors (Lipinski definition) is 2. The first-order valence-electron chi connectivity index (χ1n) is 6.51. The molecule has 0 amide bonds. The maximum atomic E-state index is 12.2. The lowest BCUT2D eigenvalue weighted by atomic mass is 9.86. The van der Waals surface area contributed by atoms with Crippen LogP contribution in [-0.2, 0) is 4.79 Å². The number of nitrogens with zero attached hydrogens (tertiary/aromatic N) is 1. The Morgan fingerprint density at radius 2 is 2.00 bits per heavy atom. The van der Waals surface area contributed by atoms with Crippen molar-refractivity contribution in [1.82, 2.24) is 0 Å². The van der Waals surface area contributed by atoms with E-state index < -0.39 is 5.92 Å². The third kappa shape index (κ3) is 3.20. The molecular formula is C16H21NO. The van der Waals surface area contributed by atoms with Crippen molar-refractivity contribution in [2.45, 2.75) is 46.5 Å². The molecule has 0 saturated heterocycles. The standard InChI is InChI=1S/C16H21NO/c1-5-6-12(3)16(18)15(10-17)14-8-7-11(2)13(4)9-14/h7-9,12,15H,5-6H2,1-4H3. The molecule has 1 aromatic carbocycles. The topological polar surface area (TPSA) is 40.9 Å². The summed E-state index contributed by atoms with van der Waals surface area (Å²) < 4.78 is 0. The zero-order valence-electron chi connectivity index (χ0n) is 11.7. The summed E-state index contributed by atoms with van der Waals surface area (Å²) in [6.45, 7) is 8.01. The number of carbonyl (C=O) groups excluding carboxylic acids is 1. The van der Waals surface area contributed by atoms with Gasteiger partial charge in [-0.2, -0.15) is 5.26 Å². The Labute approximate surface area is 110 Å². The van der Waals surface area contributed by atoms with Gasteiger partial charge in [-0.25, -0.2) is 0 Å². The molecule has 0 aliphatic rings. The number of ketones is 1. The van der Waals surface area contributed by atoms with Gasteiger partial charge in [0.2, 0.25) is 0 Å². The van der Waals surface area contributed by atoms with Gasteiger partial charge in [0.15, 0.2) is 5.78 Å². The molecule has 2 heteroatoms. The predicted molar refractivity (Wildman–Crippen MR) is 73.3 cm³/mol. The maximum Gasteiger partial charge on any atom is 0.157 e. The zero-order chi connectivity index (χ0) is 13.7. The summed E-state index contributed by atoms with van der Waals surface area (Å²) >= 11 is 0. The average Bonchev–Trinajstić information content (AvgIpc) is 2.34. The van der Waals surface area contributed by atoms with E-state index in [9.17, 15) is 10.1 Å². The number of Topliss-reactive ketones (excluding diaryl/α,β-unsaturated/α-hetero) is 1. The summed E-state index contributed by atoms with van der Waals surface area (Å²) in [5.74, 6) is -0.616. The Hall–Kier alpha value is -1.62. The summed E-state index contributed by atoms with van der Waals surface area (Å²) in [6, 6.07) is 7.99. The fourth-order valence-corrected chi connectivity index (χ4v) is 2.11. The number of benzene rings is 1. The van der Waals surface area contributed by atoms with Crippen LogP contribution in [0.3, 0.4) is 0 Å². The van der Waals surface area contributed by atoms with Crippen LogP contribution in [0.1, 0.15) is 49.3 Å². The second-order valence-corrected chi connectivity index (χ2v) is 5.00. The van der Waals surface area contributed by atoms with E-state index in [1.165, 1.54) is 5.56 Å². The third-order valence-electron chi connectivity index (χ3n) is 3.49. The highest BCUT2D eigenvalue weighted by Crippen LogP contribution is 2.24. The summed E-state index contributed by atoms with van der Waals surface area (Å²) in [5.41, 5.74) is 3.14. The molecule has 96 valence electrons. The molecular weight excluding hydrogens is 222 g/mol. The lowest BCUT2D eigenvalue weighted by molar-refractivity contribution is -0.122. The summed E-state index contributed by atoms with van der Waals surface area (Å²) in [5, 5.41) is 9.26. The molecule has 2 nitrogen and oxygen atoms in total. The molecule has 2 unspecified atom stereocenters. The van der Waals surface area contributed by atoms with Crippen molar-refractivity contribution in [3.05, 3.63) is 34.9 Å². The van der Waals surface area contributed by atoms with Crippen LogP contribution in [0.15, 0.2) is 18.2 Å². The van der Waals surface area contributed by atoms with E-state index >= 15 is 0 Å². The first-order chi connectivity index (χ1) is 8.51. The van der Waals surface area contributed by atoms with Crippen molar-refractivity contribution in [2.24, 2.45) is 5.92 Å². The van der Waals surface area contributed by atoms with Gasteiger partial charge in [-0.1, -0.05) is 38.5 Å². The fraction of sp³-hybridized carbons (Fsp3) is 0.500. The van der Waals surface area contributed by atoms with Gasteiger partial charge in [0.05, 0.1) is 6.07 Å². The number of carbonyl (C=O) groups is 1. The van der Waals surface area contributed by atoms with Crippen LogP contribution < -0.4 is 0 Å². The van der Waals surface area contributed by atoms with Gasteiger partial charge in [0, 0.05) is 5.92 Å². The molecule has 0 spiro atoms. The number of rotatable bonds is 5. The Bertz CT molecular complexity index is 470. The smallest absolute Gasteiger partial charge is 0.157 e. The number of aryl methyl sites for hydroxylation is 2. The van der Waals surface area contributed by atoms with E-state index in [4.69, 9.17) is 0 Å². The normalized spacial score (nSPS) is 13.7. The molecule has 0 fully saturated rings. The third-order valence-corrected chi connectivity index (χ3v) is 3.49. The molecule has 0 radical (unpaired) electrons. The first-order valence-corrected chi connectivity index (χ1v) is 6.51. The van der Waals surface area contributed by atoms with Gasteiger partial charge in [0.1, 0.15) is 5.92 Å². The SMILES string of the molecule is CCCC(C)C(=O)C(C#N)c1ccc(C)c(C)c1. The summed E-state index contributed by atoms with van der Waals surface area (Å²) in [4.78, 5) is 12.2. The van der Waals surface area contributed by atoms with Gasteiger partial charge < -0.3 is 0 Å². The molecule has 0 aromatic heterocycles. The molecule has 0 heterocycles. The van der Waals surface area contributed by atoms with Crippen LogP contribution >= 0.6 is 0 Å². The highest BCUT2D eigenvalue weighted by Gasteiger charge is 2.24. The lowest BCUT2D eigenvalue weighted by Gasteiger charge is -2.15. The van der Waals surface area contributed by atoms with Gasteiger partial charge in [-0.05, 0) is 37.0 Å². The van der Waals surface area contributed by atoms with Crippen molar-refractivity contribution in [3.8, 4) is 6.07 Å². The van der Waals surface area contributed by atoms with Crippen LogP contribution in [0.2, 0.25) is 0 Å². The van der Waals surface area contributed by atoms with Crippen LogP contribution in [0.4, 0.5) is 0 Å². The number of hydrogen-bond donors (Lipinski definition) is 0. The van der Waals surface area contributed by atoms with Gasteiger partial charge in [-0.3, -0.25) is 4.79 Å². The van der Waals surface area contributed by atoms with Crippen LogP contribution in [-0.4, -0.2) is 5.78 Å². The quantitative estimate of drug-likeness (QED) is 0.786. The average molecular weight is 243 g/mol. The molecule has 0 aliphatic carbocycles. The molecule has 0 bridgehead atoms. The minimum atomic E-state index is -0.620. The maximum absolute atomic E-state index is 12.2. The van der Waals surface area contributed by atoms with Gasteiger partial charge in [0.25, 0.3) is 0 Å². The largest absolute Gasteiger partial charge is 0.298 e. The second kappa shape index (κ2) is 6.35. The Morgan fingerprint density at radius 3 is 2.50 bits per heavy atom. The second-order valence-electron chi connectivity index (χ2n) is 5.00. The fourth-order valence-electron chi connectivity index (χ4n) is 2.11. The molecule has 1 rings (SSSR count). The Morgan fingerprint density at radius 1 is 1.33 bits per heavy atom. The molecule has 2 atom stereocenters. The van der Waals surface area contributed by atoms with Crippen molar-refractivity contribution >= 4 is 5.78 Å². The van der Waals surface area contributed by atoms with Gasteiger partial charge >= 0.3 is 0 Å². The van der Waals surface area contributed by atoms with Crippen LogP contribution in [0, 0.1) is 31.1 Å². The predicted octanol–water partition coefficient (Wildman–Crippen LogP) is 3.92. The molecule has 18 heavy (non-hydrogen) atoms. The summed E-state index contributed by atoms with van der Waals surface area (Å²) in [7, 11) is 0. The minimum absolute atomic E-state index is 0.0405. The van der Waals surface area contributed by atoms with E-state index in [-0.39, 0.29) is 11.7 Å². The van der Waals surface area contributed by atoms with Crippen LogP contribution in [0.25, 0.3) is 0 Å². The van der Waals surface area contributed by atoms with Gasteiger partial charge in [-0.15, -0.1) is 0 Å². The molecule has 0 aliphatic heterocycles. The summed E-state index contributed by atoms with van der Waals surface area (Å²) in [6.07, 6.45) is 1.82. The zero-order valence-corrected chi connectivity index (χ0v) is 11.7. The molecule has 0 saturated carbocycles. The van der Waals surface area contributed by atoms with E-state index in [1.807, 2.05) is 39.0 Å². The van der Waals surface area contributed by atoms with Crippen molar-refractivity contribution < 1.29 is 4.79 Å². The van der Waals surface area contributed by atoms with Crippen molar-refractivity contribution in [3.63, 3.8) is 0 Å². The highest BCUT2D eigenvalue weighted by molar-refractivity contribution is 5.90. The van der Waals surface area contributed by atoms with Crippen molar-refractivity contribution in [1.29, 1.82) is 5.26 Å². The van der Waals surface area contributed by atoms with Crippen LogP contribution in [0.5, 0.6) is 0 Å². The Kier molecular flexibility index (Phi) is 5.09. The van der Waals surface area contributed by atoms with E-state index in [0.29, 0.717) is 0 Å². The van der Waals surface area contributed by atoms with E-state index in [0.717, 1.165) is 24.0 Å². The van der Waals surface area contributed by atoms with Crippen molar-refractivity contribution in [2.75, 3.05) is 0 Å². The monoisotopic (exact) mass is 243 g/mol. The Balaban J connectivity index is 3.00. The molecule has 0 N–H and O–H groups in total. The number of nitriles is 1. The molecule has 1 aromatic rings. The lowest BCUT2D eigenvalue weighted by Crippen LogP contribution is -2.19. The minimum Gasteiger partial charge on any atom is -0.298 e. The van der Waals surface area contributed by atoms with E-state index in [2.05, 4.69) is 13.0 Å². The van der Waals surface area contributed by atoms with E-state index in [1.54, 1.807) is 0 Å². The highest BCUT2D eigenvalue weighted by atomic mass is 16.1. The first kappa shape index (κ1) is 14.4.